The molecular formula is C32H49ClN4O4. The standard InChI is InChI=1S/C32H48N4O4.ClH/c1-3-4-5-6-7-8-12-17-26-22-27-18-19-28-29(24(2)34-31(35-26)36(27)28)30(37)39-21-14-13-20-33-32(38)40-23-25-15-10-9-11-16-25;/h9-11,15-16,26-28H,3-8,12-14,17-23H2,1-2H3,(H2,33,34,35,37,38);1H/t26-,27+,28+;/m1./s1. The van der Waals surface area contributed by atoms with Crippen molar-refractivity contribution in [1.29, 1.82) is 0 Å². The van der Waals surface area contributed by atoms with E-state index in [1.165, 1.54) is 51.4 Å². The van der Waals surface area contributed by atoms with Gasteiger partial charge in [0.2, 0.25) is 0 Å². The fourth-order valence-corrected chi connectivity index (χ4v) is 6.25. The molecule has 3 heterocycles. The number of allylic oxidation sites excluding steroid dienone is 1. The first-order chi connectivity index (χ1) is 19.6. The van der Waals surface area contributed by atoms with Crippen LogP contribution in [0, 0.1) is 0 Å². The number of amides is 1. The average molecular weight is 589 g/mol. The van der Waals surface area contributed by atoms with Gasteiger partial charge in [-0.3, -0.25) is 9.89 Å². The van der Waals surface area contributed by atoms with Crippen LogP contribution in [-0.2, 0) is 20.9 Å². The molecule has 0 bridgehead atoms. The molecule has 1 saturated heterocycles. The summed E-state index contributed by atoms with van der Waals surface area (Å²) in [7, 11) is 0. The third-order valence-corrected chi connectivity index (χ3v) is 8.36. The number of carbonyl (C=O) groups is 2. The molecular weight excluding hydrogens is 540 g/mol. The molecule has 0 radical (unpaired) electrons. The lowest BCUT2D eigenvalue weighted by Crippen LogP contribution is -3.00. The third-order valence-electron chi connectivity index (χ3n) is 8.36. The highest BCUT2D eigenvalue weighted by atomic mass is 35.5. The lowest BCUT2D eigenvalue weighted by atomic mass is 9.97. The van der Waals surface area contributed by atoms with Crippen molar-refractivity contribution >= 4 is 18.0 Å². The highest BCUT2D eigenvalue weighted by molar-refractivity contribution is 5.93. The average Bonchev–Trinajstić information content (AvgIpc) is 3.38. The number of benzene rings is 1. The molecule has 3 atom stereocenters. The lowest BCUT2D eigenvalue weighted by molar-refractivity contribution is -0.580. The van der Waals surface area contributed by atoms with E-state index >= 15 is 0 Å². The van der Waals surface area contributed by atoms with Crippen molar-refractivity contribution in [1.82, 2.24) is 16.0 Å². The van der Waals surface area contributed by atoms with Gasteiger partial charge in [-0.2, -0.15) is 0 Å². The van der Waals surface area contributed by atoms with Gasteiger partial charge in [0.1, 0.15) is 18.2 Å². The second kappa shape index (κ2) is 17.3. The molecule has 1 fully saturated rings. The van der Waals surface area contributed by atoms with Gasteiger partial charge in [0.05, 0.1) is 24.4 Å². The van der Waals surface area contributed by atoms with Gasteiger partial charge in [-0.1, -0.05) is 82.2 Å². The molecule has 4 rings (SSSR count). The summed E-state index contributed by atoms with van der Waals surface area (Å²) in [5.74, 6) is 0.848. The van der Waals surface area contributed by atoms with Crippen LogP contribution < -0.4 is 28.4 Å². The number of hydrogen-bond donors (Lipinski definition) is 3. The Labute approximate surface area is 252 Å². The monoisotopic (exact) mass is 588 g/mol. The molecule has 3 N–H and O–H groups in total. The highest BCUT2D eigenvalue weighted by Crippen LogP contribution is 2.34. The van der Waals surface area contributed by atoms with Crippen LogP contribution in [0.25, 0.3) is 0 Å². The van der Waals surface area contributed by atoms with E-state index in [-0.39, 0.29) is 31.0 Å². The minimum atomic E-state index is -0.433. The predicted octanol–water partition coefficient (Wildman–Crippen LogP) is 2.52. The third kappa shape index (κ3) is 9.66. The van der Waals surface area contributed by atoms with E-state index in [1.807, 2.05) is 37.3 Å². The summed E-state index contributed by atoms with van der Waals surface area (Å²) in [6.07, 6.45) is 14.8. The number of alkyl carbamates (subject to hydrolysis) is 1. The van der Waals surface area contributed by atoms with Crippen LogP contribution in [0.4, 0.5) is 4.79 Å². The quantitative estimate of drug-likeness (QED) is 0.156. The Morgan fingerprint density at radius 2 is 1.73 bits per heavy atom. The highest BCUT2D eigenvalue weighted by Gasteiger charge is 2.48. The lowest BCUT2D eigenvalue weighted by Gasteiger charge is -2.33. The number of carbonyl (C=O) groups excluding carboxylic acids is 2. The molecule has 8 nitrogen and oxygen atoms in total. The Kier molecular flexibility index (Phi) is 13.8. The number of nitrogens with zero attached hydrogens (tertiary/aromatic N) is 1. The minimum absolute atomic E-state index is 0. The van der Waals surface area contributed by atoms with E-state index in [0.717, 1.165) is 42.1 Å². The van der Waals surface area contributed by atoms with Crippen molar-refractivity contribution < 1.29 is 36.0 Å². The van der Waals surface area contributed by atoms with Crippen molar-refractivity contribution in [3.05, 3.63) is 47.2 Å². The molecule has 1 aromatic rings. The zero-order valence-electron chi connectivity index (χ0n) is 24.9. The van der Waals surface area contributed by atoms with E-state index in [1.54, 1.807) is 0 Å². The Hall–Kier alpha value is -2.74. The maximum atomic E-state index is 13.1. The van der Waals surface area contributed by atoms with Gasteiger partial charge in [-0.05, 0) is 44.6 Å². The van der Waals surface area contributed by atoms with Crippen LogP contribution >= 0.6 is 0 Å². The number of hydrogen-bond acceptors (Lipinski definition) is 6. The van der Waals surface area contributed by atoms with E-state index in [0.29, 0.717) is 38.1 Å². The maximum absolute atomic E-state index is 13.1. The van der Waals surface area contributed by atoms with Crippen LogP contribution in [0.3, 0.4) is 0 Å². The Morgan fingerprint density at radius 1 is 0.976 bits per heavy atom. The molecule has 1 amide bonds. The van der Waals surface area contributed by atoms with Gasteiger partial charge in [-0.15, -0.1) is 0 Å². The van der Waals surface area contributed by atoms with E-state index < -0.39 is 6.09 Å². The molecule has 9 heteroatoms. The molecule has 3 aliphatic rings. The molecule has 228 valence electrons. The zero-order valence-corrected chi connectivity index (χ0v) is 25.6. The van der Waals surface area contributed by atoms with Crippen molar-refractivity contribution in [2.45, 2.75) is 122 Å². The van der Waals surface area contributed by atoms with Crippen LogP contribution in [0.5, 0.6) is 0 Å². The molecule has 0 unspecified atom stereocenters. The van der Waals surface area contributed by atoms with Crippen molar-refractivity contribution in [2.75, 3.05) is 13.2 Å². The second-order valence-electron chi connectivity index (χ2n) is 11.5. The number of guanidine groups is 1. The van der Waals surface area contributed by atoms with Crippen LogP contribution in [0.1, 0.15) is 103 Å². The molecule has 0 spiro atoms. The summed E-state index contributed by atoms with van der Waals surface area (Å²) in [6.45, 7) is 5.32. The molecule has 0 saturated carbocycles. The van der Waals surface area contributed by atoms with E-state index in [2.05, 4.69) is 27.4 Å². The van der Waals surface area contributed by atoms with Gasteiger partial charge in [-0.25, -0.2) is 14.9 Å². The summed E-state index contributed by atoms with van der Waals surface area (Å²) in [5.41, 5.74) is 2.61. The maximum Gasteiger partial charge on any atom is 0.407 e. The predicted molar refractivity (Wildman–Crippen MR) is 157 cm³/mol. The Balaban J connectivity index is 0.00000462. The SMILES string of the molecule is CCCCCCCCC[C@@H]1C[C@@H]2CC[C@H]3C(C(=O)OCCCCNC(=O)OCc4ccccc4)=C(C)NC(=[N+]23)N1.[Cl-]. The summed E-state index contributed by atoms with van der Waals surface area (Å²) in [5, 5.41) is 10.0. The minimum Gasteiger partial charge on any atom is -1.00 e. The number of nitrogens with one attached hydrogen (secondary N) is 3. The Bertz CT molecular complexity index is 1050. The summed E-state index contributed by atoms with van der Waals surface area (Å²) < 4.78 is 13.3. The van der Waals surface area contributed by atoms with E-state index in [4.69, 9.17) is 9.47 Å². The molecule has 0 aromatic heterocycles. The van der Waals surface area contributed by atoms with Gasteiger partial charge in [0.25, 0.3) is 0 Å². The molecule has 3 aliphatic heterocycles. The zero-order chi connectivity index (χ0) is 28.2. The smallest absolute Gasteiger partial charge is 0.407 e. The number of rotatable bonds is 16. The number of unbranched alkanes of at least 4 members (excludes halogenated alkanes) is 7. The van der Waals surface area contributed by atoms with Crippen molar-refractivity contribution in [3.8, 4) is 0 Å². The molecule has 1 aromatic carbocycles. The van der Waals surface area contributed by atoms with Crippen molar-refractivity contribution in [3.63, 3.8) is 0 Å². The second-order valence-corrected chi connectivity index (χ2v) is 11.5. The first-order valence-corrected chi connectivity index (χ1v) is 15.6. The first-order valence-electron chi connectivity index (χ1n) is 15.6. The summed E-state index contributed by atoms with van der Waals surface area (Å²) in [6, 6.07) is 10.7. The van der Waals surface area contributed by atoms with Gasteiger partial charge < -0.3 is 27.2 Å². The molecule has 41 heavy (non-hydrogen) atoms. The van der Waals surface area contributed by atoms with Crippen LogP contribution in [-0.4, -0.2) is 53.9 Å². The largest absolute Gasteiger partial charge is 1.00 e. The van der Waals surface area contributed by atoms with E-state index in [9.17, 15) is 9.59 Å². The molecule has 0 aliphatic carbocycles. The van der Waals surface area contributed by atoms with Gasteiger partial charge in [0, 0.05) is 13.0 Å². The van der Waals surface area contributed by atoms with Gasteiger partial charge >= 0.3 is 18.0 Å². The normalized spacial score (nSPS) is 20.9. The van der Waals surface area contributed by atoms with Gasteiger partial charge in [0.15, 0.2) is 0 Å². The fourth-order valence-electron chi connectivity index (χ4n) is 6.25. The number of halogens is 1. The summed E-state index contributed by atoms with van der Waals surface area (Å²) in [4.78, 5) is 25.0. The summed E-state index contributed by atoms with van der Waals surface area (Å²) >= 11 is 0. The topological polar surface area (TPSA) is 91.7 Å². The van der Waals surface area contributed by atoms with Crippen molar-refractivity contribution in [2.24, 2.45) is 0 Å². The van der Waals surface area contributed by atoms with Crippen LogP contribution in [0.15, 0.2) is 41.6 Å². The first kappa shape index (κ1) is 32.8. The van der Waals surface area contributed by atoms with Crippen LogP contribution in [0.2, 0.25) is 0 Å². The number of esters is 1. The fraction of sp³-hybridized carbons (Fsp3) is 0.656. The number of ether oxygens (including phenoxy) is 2. The Morgan fingerprint density at radius 3 is 2.51 bits per heavy atom.